The second-order valence-electron chi connectivity index (χ2n) is 5.04. The van der Waals surface area contributed by atoms with Crippen LogP contribution in [0.4, 0.5) is 13.2 Å². The minimum absolute atomic E-state index is 0.174. The lowest BCUT2D eigenvalue weighted by Crippen LogP contribution is -2.20. The lowest BCUT2D eigenvalue weighted by molar-refractivity contribution is -0.137. The molecule has 3 aromatic rings. The SMILES string of the molecule is Cc1c(-c2cn[nH]c2)ccc(=O)n1-c1cccc(C(F)(F)F)c1. The molecule has 0 aliphatic carbocycles. The fraction of sp³-hybridized carbons (Fsp3) is 0.125. The Hall–Kier alpha value is -2.83. The van der Waals surface area contributed by atoms with E-state index < -0.39 is 17.3 Å². The Bertz CT molecular complexity index is 896. The third-order valence-electron chi connectivity index (χ3n) is 3.58. The topological polar surface area (TPSA) is 50.7 Å². The number of halogens is 3. The van der Waals surface area contributed by atoms with E-state index in [1.165, 1.54) is 22.8 Å². The van der Waals surface area contributed by atoms with Gasteiger partial charge in [0.2, 0.25) is 0 Å². The molecule has 0 bridgehead atoms. The normalized spacial score (nSPS) is 11.7. The first kappa shape index (κ1) is 15.1. The van der Waals surface area contributed by atoms with Gasteiger partial charge in [0.1, 0.15) is 0 Å². The number of hydrogen-bond donors (Lipinski definition) is 1. The lowest BCUT2D eigenvalue weighted by Gasteiger charge is -2.15. The van der Waals surface area contributed by atoms with Gasteiger partial charge in [-0.25, -0.2) is 0 Å². The van der Waals surface area contributed by atoms with Crippen molar-refractivity contribution in [2.45, 2.75) is 13.1 Å². The molecule has 0 radical (unpaired) electrons. The molecule has 2 aromatic heterocycles. The summed E-state index contributed by atoms with van der Waals surface area (Å²) < 4.78 is 39.9. The summed E-state index contributed by atoms with van der Waals surface area (Å²) in [5, 5.41) is 6.52. The van der Waals surface area contributed by atoms with Crippen molar-refractivity contribution in [1.29, 1.82) is 0 Å². The van der Waals surface area contributed by atoms with E-state index in [9.17, 15) is 18.0 Å². The van der Waals surface area contributed by atoms with Crippen molar-refractivity contribution in [1.82, 2.24) is 14.8 Å². The first-order chi connectivity index (χ1) is 10.9. The molecule has 0 atom stereocenters. The molecular formula is C16H12F3N3O. The predicted octanol–water partition coefficient (Wildman–Crippen LogP) is 3.55. The molecule has 0 unspecified atom stereocenters. The van der Waals surface area contributed by atoms with Gasteiger partial charge in [-0.15, -0.1) is 0 Å². The number of nitrogens with zero attached hydrogens (tertiary/aromatic N) is 2. The summed E-state index contributed by atoms with van der Waals surface area (Å²) in [5.74, 6) is 0. The number of hydrogen-bond acceptors (Lipinski definition) is 2. The van der Waals surface area contributed by atoms with Crippen LogP contribution in [0.15, 0.2) is 53.6 Å². The standard InChI is InChI=1S/C16H12F3N3O/c1-10-14(11-8-20-21-9-11)5-6-15(23)22(10)13-4-2-3-12(7-13)16(17,18)19/h2-9H,1H3,(H,20,21). The molecule has 0 aliphatic heterocycles. The zero-order valence-corrected chi connectivity index (χ0v) is 12.1. The van der Waals surface area contributed by atoms with Gasteiger partial charge in [0.25, 0.3) is 5.56 Å². The van der Waals surface area contributed by atoms with Crippen LogP contribution in [-0.4, -0.2) is 14.8 Å². The first-order valence-corrected chi connectivity index (χ1v) is 6.77. The van der Waals surface area contributed by atoms with E-state index in [0.29, 0.717) is 5.69 Å². The molecule has 1 aromatic carbocycles. The van der Waals surface area contributed by atoms with Crippen molar-refractivity contribution < 1.29 is 13.2 Å². The zero-order chi connectivity index (χ0) is 16.6. The van der Waals surface area contributed by atoms with Crippen molar-refractivity contribution in [3.05, 3.63) is 70.4 Å². The van der Waals surface area contributed by atoms with Crippen LogP contribution >= 0.6 is 0 Å². The summed E-state index contributed by atoms with van der Waals surface area (Å²) in [6.45, 7) is 1.68. The van der Waals surface area contributed by atoms with E-state index in [2.05, 4.69) is 10.2 Å². The highest BCUT2D eigenvalue weighted by Crippen LogP contribution is 2.31. The van der Waals surface area contributed by atoms with Crippen LogP contribution in [0, 0.1) is 6.92 Å². The van der Waals surface area contributed by atoms with Crippen molar-refractivity contribution in [2.75, 3.05) is 0 Å². The average Bonchev–Trinajstić information content (AvgIpc) is 3.01. The molecule has 3 rings (SSSR count). The Morgan fingerprint density at radius 1 is 1.17 bits per heavy atom. The van der Waals surface area contributed by atoms with Gasteiger partial charge in [0, 0.05) is 34.8 Å². The summed E-state index contributed by atoms with van der Waals surface area (Å²) in [4.78, 5) is 12.2. The van der Waals surface area contributed by atoms with Crippen LogP contribution in [0.1, 0.15) is 11.3 Å². The van der Waals surface area contributed by atoms with Crippen molar-refractivity contribution >= 4 is 0 Å². The van der Waals surface area contributed by atoms with Gasteiger partial charge in [0.05, 0.1) is 11.8 Å². The Morgan fingerprint density at radius 3 is 2.61 bits per heavy atom. The minimum Gasteiger partial charge on any atom is -0.285 e. The third-order valence-corrected chi connectivity index (χ3v) is 3.58. The largest absolute Gasteiger partial charge is 0.416 e. The molecule has 0 saturated carbocycles. The van der Waals surface area contributed by atoms with Crippen LogP contribution in [0.3, 0.4) is 0 Å². The fourth-order valence-corrected chi connectivity index (χ4v) is 2.48. The van der Waals surface area contributed by atoms with Crippen molar-refractivity contribution in [3.63, 3.8) is 0 Å². The van der Waals surface area contributed by atoms with Gasteiger partial charge < -0.3 is 0 Å². The van der Waals surface area contributed by atoms with Gasteiger partial charge in [-0.2, -0.15) is 18.3 Å². The van der Waals surface area contributed by atoms with E-state index in [-0.39, 0.29) is 5.69 Å². The van der Waals surface area contributed by atoms with Gasteiger partial charge in [-0.1, -0.05) is 6.07 Å². The number of H-pyrrole nitrogens is 1. The van der Waals surface area contributed by atoms with Crippen LogP contribution in [0.25, 0.3) is 16.8 Å². The molecule has 0 fully saturated rings. The summed E-state index contributed by atoms with van der Waals surface area (Å²) in [6.07, 6.45) is -1.22. The summed E-state index contributed by atoms with van der Waals surface area (Å²) in [5.41, 5.74) is 0.994. The maximum atomic E-state index is 12.9. The van der Waals surface area contributed by atoms with Gasteiger partial charge in [-0.3, -0.25) is 14.5 Å². The molecule has 0 amide bonds. The van der Waals surface area contributed by atoms with Crippen LogP contribution in [0.5, 0.6) is 0 Å². The molecule has 0 spiro atoms. The molecule has 7 heteroatoms. The number of pyridine rings is 1. The van der Waals surface area contributed by atoms with Gasteiger partial charge >= 0.3 is 6.18 Å². The molecule has 1 N–H and O–H groups in total. The first-order valence-electron chi connectivity index (χ1n) is 6.77. The summed E-state index contributed by atoms with van der Waals surface area (Å²) in [7, 11) is 0. The van der Waals surface area contributed by atoms with Crippen LogP contribution < -0.4 is 5.56 Å². The van der Waals surface area contributed by atoms with Gasteiger partial charge in [-0.05, 0) is 31.2 Å². The maximum absolute atomic E-state index is 12.9. The molecule has 0 aliphatic rings. The highest BCUT2D eigenvalue weighted by molar-refractivity contribution is 5.65. The van der Waals surface area contributed by atoms with Crippen LogP contribution in [-0.2, 0) is 6.18 Å². The Kier molecular flexibility index (Phi) is 3.55. The molecule has 23 heavy (non-hydrogen) atoms. The average molecular weight is 319 g/mol. The van der Waals surface area contributed by atoms with Crippen molar-refractivity contribution in [2.24, 2.45) is 0 Å². The number of benzene rings is 1. The highest BCUT2D eigenvalue weighted by Gasteiger charge is 2.30. The number of nitrogens with one attached hydrogen (secondary N) is 1. The van der Waals surface area contributed by atoms with E-state index >= 15 is 0 Å². The van der Waals surface area contributed by atoms with Crippen LogP contribution in [0.2, 0.25) is 0 Å². The van der Waals surface area contributed by atoms with E-state index in [1.807, 2.05) is 0 Å². The molecule has 118 valence electrons. The minimum atomic E-state index is -4.46. The second kappa shape index (κ2) is 5.42. The Balaban J connectivity index is 2.21. The number of rotatable bonds is 2. The second-order valence-corrected chi connectivity index (χ2v) is 5.04. The van der Waals surface area contributed by atoms with E-state index in [1.54, 1.807) is 25.4 Å². The quantitative estimate of drug-likeness (QED) is 0.785. The molecular weight excluding hydrogens is 307 g/mol. The summed E-state index contributed by atoms with van der Waals surface area (Å²) in [6, 6.07) is 7.66. The summed E-state index contributed by atoms with van der Waals surface area (Å²) >= 11 is 0. The van der Waals surface area contributed by atoms with Crippen molar-refractivity contribution in [3.8, 4) is 16.8 Å². The predicted molar refractivity (Wildman–Crippen MR) is 79.4 cm³/mol. The number of aromatic nitrogens is 3. The Morgan fingerprint density at radius 2 is 1.96 bits per heavy atom. The number of aromatic amines is 1. The fourth-order valence-electron chi connectivity index (χ4n) is 2.48. The molecule has 2 heterocycles. The zero-order valence-electron chi connectivity index (χ0n) is 12.1. The monoisotopic (exact) mass is 319 g/mol. The van der Waals surface area contributed by atoms with Gasteiger partial charge in [0.15, 0.2) is 0 Å². The highest BCUT2D eigenvalue weighted by atomic mass is 19.4. The van der Waals surface area contributed by atoms with E-state index in [4.69, 9.17) is 0 Å². The lowest BCUT2D eigenvalue weighted by atomic mass is 10.1. The maximum Gasteiger partial charge on any atom is 0.416 e. The third kappa shape index (κ3) is 2.77. The van der Waals surface area contributed by atoms with E-state index in [0.717, 1.165) is 23.3 Å². The smallest absolute Gasteiger partial charge is 0.285 e. The molecule has 4 nitrogen and oxygen atoms in total. The number of alkyl halides is 3. The molecule has 0 saturated heterocycles. The Labute approximate surface area is 129 Å².